The Morgan fingerprint density at radius 3 is 1.79 bits per heavy atom. The van der Waals surface area contributed by atoms with Crippen molar-refractivity contribution in [3.8, 4) is 0 Å². The zero-order valence-electron chi connectivity index (χ0n) is 18.5. The summed E-state index contributed by atoms with van der Waals surface area (Å²) < 4.78 is 54.7. The molecule has 2 saturated heterocycles. The number of nitrogens with zero attached hydrogens (tertiary/aromatic N) is 3. The number of rotatable bonds is 5. The normalized spacial score (nSPS) is 19.2. The maximum absolute atomic E-state index is 13.1. The zero-order chi connectivity index (χ0) is 23.5. The van der Waals surface area contributed by atoms with Crippen molar-refractivity contribution in [3.05, 3.63) is 60.2 Å². The number of benzene rings is 2. The van der Waals surface area contributed by atoms with E-state index in [1.807, 2.05) is 0 Å². The van der Waals surface area contributed by atoms with Gasteiger partial charge in [-0.1, -0.05) is 37.1 Å². The SMILES string of the molecule is O=C(c1cccc(S(=O)(=O)N2CCCCCC2)c1)N1CCN(S(=O)(=O)c2ccccc2)CC1. The molecule has 0 unspecified atom stereocenters. The number of sulfonamides is 2. The number of amides is 1. The minimum Gasteiger partial charge on any atom is -0.336 e. The molecule has 33 heavy (non-hydrogen) atoms. The molecule has 0 N–H and O–H groups in total. The van der Waals surface area contributed by atoms with Gasteiger partial charge in [0.1, 0.15) is 0 Å². The third kappa shape index (κ3) is 5.13. The van der Waals surface area contributed by atoms with Crippen LogP contribution in [0.25, 0.3) is 0 Å². The lowest BCUT2D eigenvalue weighted by Crippen LogP contribution is -2.50. The van der Waals surface area contributed by atoms with Crippen molar-refractivity contribution in [2.24, 2.45) is 0 Å². The molecule has 0 radical (unpaired) electrons. The van der Waals surface area contributed by atoms with Crippen LogP contribution in [0.3, 0.4) is 0 Å². The maximum Gasteiger partial charge on any atom is 0.253 e. The van der Waals surface area contributed by atoms with Gasteiger partial charge in [-0.2, -0.15) is 8.61 Å². The van der Waals surface area contributed by atoms with E-state index in [1.54, 1.807) is 47.4 Å². The Morgan fingerprint density at radius 1 is 0.606 bits per heavy atom. The Hall–Kier alpha value is -2.27. The molecular formula is C23H29N3O5S2. The minimum atomic E-state index is -3.66. The molecule has 2 aliphatic rings. The van der Waals surface area contributed by atoms with Crippen LogP contribution < -0.4 is 0 Å². The van der Waals surface area contributed by atoms with Gasteiger partial charge in [-0.25, -0.2) is 16.8 Å². The lowest BCUT2D eigenvalue weighted by molar-refractivity contribution is 0.0697. The first-order chi connectivity index (χ1) is 15.8. The van der Waals surface area contributed by atoms with Crippen molar-refractivity contribution in [1.82, 2.24) is 13.5 Å². The van der Waals surface area contributed by atoms with Gasteiger partial charge in [0.2, 0.25) is 20.0 Å². The first-order valence-electron chi connectivity index (χ1n) is 11.2. The fourth-order valence-corrected chi connectivity index (χ4v) is 7.28. The molecule has 178 valence electrons. The molecular weight excluding hydrogens is 462 g/mol. The summed E-state index contributed by atoms with van der Waals surface area (Å²) >= 11 is 0. The summed E-state index contributed by atoms with van der Waals surface area (Å²) in [6, 6.07) is 14.4. The summed E-state index contributed by atoms with van der Waals surface area (Å²) in [4.78, 5) is 15.0. The number of carbonyl (C=O) groups is 1. The van der Waals surface area contributed by atoms with Gasteiger partial charge in [0, 0.05) is 44.8 Å². The van der Waals surface area contributed by atoms with Crippen LogP contribution in [-0.2, 0) is 20.0 Å². The fraction of sp³-hybridized carbons (Fsp3) is 0.435. The number of hydrogen-bond donors (Lipinski definition) is 0. The average molecular weight is 492 g/mol. The molecule has 2 aromatic rings. The van der Waals surface area contributed by atoms with Crippen LogP contribution in [0.1, 0.15) is 36.0 Å². The van der Waals surface area contributed by atoms with Crippen LogP contribution in [0.15, 0.2) is 64.4 Å². The summed E-state index contributed by atoms with van der Waals surface area (Å²) in [5.41, 5.74) is 0.297. The minimum absolute atomic E-state index is 0.126. The molecule has 0 atom stereocenters. The van der Waals surface area contributed by atoms with E-state index < -0.39 is 20.0 Å². The molecule has 2 aliphatic heterocycles. The third-order valence-corrected chi connectivity index (χ3v) is 10.00. The van der Waals surface area contributed by atoms with Crippen molar-refractivity contribution < 1.29 is 21.6 Å². The molecule has 8 nitrogen and oxygen atoms in total. The van der Waals surface area contributed by atoms with Crippen LogP contribution >= 0.6 is 0 Å². The van der Waals surface area contributed by atoms with E-state index in [9.17, 15) is 21.6 Å². The topological polar surface area (TPSA) is 95.1 Å². The van der Waals surface area contributed by atoms with Gasteiger partial charge in [-0.05, 0) is 43.2 Å². The van der Waals surface area contributed by atoms with Crippen molar-refractivity contribution in [2.45, 2.75) is 35.5 Å². The molecule has 10 heteroatoms. The second kappa shape index (κ2) is 9.92. The van der Waals surface area contributed by atoms with Gasteiger partial charge in [-0.3, -0.25) is 4.79 Å². The van der Waals surface area contributed by atoms with Crippen LogP contribution in [-0.4, -0.2) is 75.5 Å². The molecule has 2 heterocycles. The summed E-state index contributed by atoms with van der Waals surface area (Å²) in [5.74, 6) is -0.292. The second-order valence-electron chi connectivity index (χ2n) is 8.36. The maximum atomic E-state index is 13.1. The summed E-state index contributed by atoms with van der Waals surface area (Å²) in [6.45, 7) is 1.86. The van der Waals surface area contributed by atoms with Gasteiger partial charge in [0.25, 0.3) is 5.91 Å². The van der Waals surface area contributed by atoms with Crippen LogP contribution in [0.4, 0.5) is 0 Å². The monoisotopic (exact) mass is 491 g/mol. The van der Waals surface area contributed by atoms with E-state index in [0.717, 1.165) is 25.7 Å². The van der Waals surface area contributed by atoms with E-state index in [1.165, 1.54) is 20.7 Å². The average Bonchev–Trinajstić information content (AvgIpc) is 3.15. The Bertz CT molecular complexity index is 1180. The highest BCUT2D eigenvalue weighted by molar-refractivity contribution is 7.89. The fourth-order valence-electron chi connectivity index (χ4n) is 4.28. The number of hydrogen-bond acceptors (Lipinski definition) is 5. The molecule has 1 amide bonds. The van der Waals surface area contributed by atoms with Crippen LogP contribution in [0, 0.1) is 0 Å². The van der Waals surface area contributed by atoms with Crippen LogP contribution in [0.2, 0.25) is 0 Å². The van der Waals surface area contributed by atoms with Gasteiger partial charge in [0.15, 0.2) is 0 Å². The largest absolute Gasteiger partial charge is 0.336 e. The first-order valence-corrected chi connectivity index (χ1v) is 14.1. The van der Waals surface area contributed by atoms with Gasteiger partial charge < -0.3 is 4.90 Å². The molecule has 2 fully saturated rings. The van der Waals surface area contributed by atoms with Gasteiger partial charge in [0.05, 0.1) is 9.79 Å². The molecule has 0 saturated carbocycles. The highest BCUT2D eigenvalue weighted by Gasteiger charge is 2.31. The Balaban J connectivity index is 1.45. The second-order valence-corrected chi connectivity index (χ2v) is 12.2. The quantitative estimate of drug-likeness (QED) is 0.640. The lowest BCUT2D eigenvalue weighted by atomic mass is 10.2. The highest BCUT2D eigenvalue weighted by Crippen LogP contribution is 2.23. The van der Waals surface area contributed by atoms with E-state index >= 15 is 0 Å². The molecule has 2 aromatic carbocycles. The van der Waals surface area contributed by atoms with Crippen molar-refractivity contribution in [3.63, 3.8) is 0 Å². The zero-order valence-corrected chi connectivity index (χ0v) is 20.1. The molecule has 0 bridgehead atoms. The third-order valence-electron chi connectivity index (χ3n) is 6.19. The smallest absolute Gasteiger partial charge is 0.253 e. The standard InChI is InChI=1S/C23H29N3O5S2/c27-23(24-15-17-26(18-16-24)32(28,29)21-10-4-3-5-11-21)20-9-8-12-22(19-20)33(30,31)25-13-6-1-2-7-14-25/h3-5,8-12,19H,1-2,6-7,13-18H2. The van der Waals surface area contributed by atoms with E-state index in [2.05, 4.69) is 0 Å². The Kier molecular flexibility index (Phi) is 7.18. The van der Waals surface area contributed by atoms with Crippen molar-refractivity contribution >= 4 is 26.0 Å². The number of piperazine rings is 1. The highest BCUT2D eigenvalue weighted by atomic mass is 32.2. The first kappa shape index (κ1) is 23.9. The van der Waals surface area contributed by atoms with Crippen molar-refractivity contribution in [1.29, 1.82) is 0 Å². The number of carbonyl (C=O) groups excluding carboxylic acids is 1. The predicted molar refractivity (Wildman–Crippen MR) is 125 cm³/mol. The van der Waals surface area contributed by atoms with E-state index in [4.69, 9.17) is 0 Å². The van der Waals surface area contributed by atoms with E-state index in [-0.39, 0.29) is 41.9 Å². The molecule has 0 aromatic heterocycles. The van der Waals surface area contributed by atoms with Crippen molar-refractivity contribution in [2.75, 3.05) is 39.3 Å². The Morgan fingerprint density at radius 2 is 1.15 bits per heavy atom. The van der Waals surface area contributed by atoms with E-state index in [0.29, 0.717) is 18.7 Å². The van der Waals surface area contributed by atoms with Crippen LogP contribution in [0.5, 0.6) is 0 Å². The summed E-state index contributed by atoms with van der Waals surface area (Å²) in [6.07, 6.45) is 3.73. The molecule has 4 rings (SSSR count). The summed E-state index contributed by atoms with van der Waals surface area (Å²) in [7, 11) is -7.26. The lowest BCUT2D eigenvalue weighted by Gasteiger charge is -2.34. The molecule has 0 spiro atoms. The summed E-state index contributed by atoms with van der Waals surface area (Å²) in [5, 5.41) is 0. The van der Waals surface area contributed by atoms with Gasteiger partial charge in [-0.15, -0.1) is 0 Å². The predicted octanol–water partition coefficient (Wildman–Crippen LogP) is 2.40. The Labute approximate surface area is 195 Å². The molecule has 0 aliphatic carbocycles. The van der Waals surface area contributed by atoms with Gasteiger partial charge >= 0.3 is 0 Å².